The second kappa shape index (κ2) is 6.38. The van der Waals surface area contributed by atoms with Crippen LogP contribution in [0.15, 0.2) is 47.4 Å². The number of halogens is 2. The van der Waals surface area contributed by atoms with Gasteiger partial charge in [0.1, 0.15) is 11.6 Å². The third-order valence-electron chi connectivity index (χ3n) is 2.39. The number of hydrogen-bond donors (Lipinski definition) is 2. The molecule has 104 valence electrons. The topological polar surface area (TPSA) is 55.1 Å². The Morgan fingerprint density at radius 1 is 1.10 bits per heavy atom. The molecule has 3 N–H and O–H groups in total. The molecule has 0 aromatic heterocycles. The van der Waals surface area contributed by atoms with Gasteiger partial charge < -0.3 is 11.1 Å². The van der Waals surface area contributed by atoms with Gasteiger partial charge in [0.05, 0.1) is 5.75 Å². The van der Waals surface area contributed by atoms with E-state index < -0.39 is 5.82 Å². The number of nitrogens with two attached hydrogens (primary N) is 1. The lowest BCUT2D eigenvalue weighted by molar-refractivity contribution is -0.113. The summed E-state index contributed by atoms with van der Waals surface area (Å²) in [5.74, 6) is -0.955. The Morgan fingerprint density at radius 3 is 2.45 bits per heavy atom. The molecule has 0 unspecified atom stereocenters. The van der Waals surface area contributed by atoms with Crippen molar-refractivity contribution >= 4 is 29.0 Å². The molecule has 0 fully saturated rings. The van der Waals surface area contributed by atoms with Crippen LogP contribution in [0.2, 0.25) is 0 Å². The maximum absolute atomic E-state index is 13.1. The van der Waals surface area contributed by atoms with Crippen LogP contribution in [0.1, 0.15) is 0 Å². The van der Waals surface area contributed by atoms with Crippen molar-refractivity contribution in [3.8, 4) is 0 Å². The molecule has 0 aliphatic heterocycles. The molecule has 1 amide bonds. The molecule has 2 rings (SSSR count). The van der Waals surface area contributed by atoms with E-state index in [-0.39, 0.29) is 17.5 Å². The van der Waals surface area contributed by atoms with Gasteiger partial charge >= 0.3 is 0 Å². The van der Waals surface area contributed by atoms with E-state index in [1.165, 1.54) is 48.2 Å². The quantitative estimate of drug-likeness (QED) is 0.672. The van der Waals surface area contributed by atoms with Gasteiger partial charge in [-0.1, -0.05) is 0 Å². The Bertz CT molecular complexity index is 597. The Balaban J connectivity index is 1.90. The van der Waals surface area contributed by atoms with Gasteiger partial charge in [-0.3, -0.25) is 4.79 Å². The molecule has 2 aromatic carbocycles. The third-order valence-corrected chi connectivity index (χ3v) is 3.37. The van der Waals surface area contributed by atoms with E-state index in [1.807, 2.05) is 0 Å². The summed E-state index contributed by atoms with van der Waals surface area (Å²) in [5.41, 5.74) is 6.34. The van der Waals surface area contributed by atoms with Crippen LogP contribution in [0.4, 0.5) is 20.2 Å². The summed E-state index contributed by atoms with van der Waals surface area (Å²) in [6.45, 7) is 0. The predicted molar refractivity (Wildman–Crippen MR) is 76.6 cm³/mol. The van der Waals surface area contributed by atoms with Crippen LogP contribution in [0.3, 0.4) is 0 Å². The maximum Gasteiger partial charge on any atom is 0.234 e. The molecule has 0 aliphatic carbocycles. The molecule has 6 heteroatoms. The van der Waals surface area contributed by atoms with Gasteiger partial charge in [-0.2, -0.15) is 0 Å². The second-order valence-corrected chi connectivity index (χ2v) is 5.11. The number of nitrogens with one attached hydrogen (secondary N) is 1. The van der Waals surface area contributed by atoms with E-state index in [2.05, 4.69) is 5.32 Å². The van der Waals surface area contributed by atoms with E-state index in [1.54, 1.807) is 6.07 Å². The van der Waals surface area contributed by atoms with Crippen LogP contribution in [0.25, 0.3) is 0 Å². The molecule has 20 heavy (non-hydrogen) atoms. The molecule has 0 radical (unpaired) electrons. The molecule has 0 saturated heterocycles. The molecule has 0 saturated carbocycles. The monoisotopic (exact) mass is 294 g/mol. The van der Waals surface area contributed by atoms with Crippen molar-refractivity contribution in [3.63, 3.8) is 0 Å². The maximum atomic E-state index is 13.1. The van der Waals surface area contributed by atoms with Crippen LogP contribution in [0.5, 0.6) is 0 Å². The van der Waals surface area contributed by atoms with Crippen molar-refractivity contribution in [2.45, 2.75) is 4.90 Å². The zero-order valence-corrected chi connectivity index (χ0v) is 11.2. The zero-order chi connectivity index (χ0) is 14.5. The molecule has 2 aromatic rings. The average Bonchev–Trinajstić information content (AvgIpc) is 2.38. The molecule has 0 aliphatic rings. The summed E-state index contributed by atoms with van der Waals surface area (Å²) < 4.78 is 25.8. The highest BCUT2D eigenvalue weighted by Crippen LogP contribution is 2.22. The summed E-state index contributed by atoms with van der Waals surface area (Å²) in [5, 5.41) is 2.62. The van der Waals surface area contributed by atoms with Gasteiger partial charge in [0.15, 0.2) is 0 Å². The fourth-order valence-electron chi connectivity index (χ4n) is 1.55. The Morgan fingerprint density at radius 2 is 1.80 bits per heavy atom. The van der Waals surface area contributed by atoms with E-state index in [9.17, 15) is 13.6 Å². The smallest absolute Gasteiger partial charge is 0.234 e. The van der Waals surface area contributed by atoms with Gasteiger partial charge in [-0.15, -0.1) is 11.8 Å². The number of thioether (sulfide) groups is 1. The zero-order valence-electron chi connectivity index (χ0n) is 10.4. The van der Waals surface area contributed by atoms with Crippen molar-refractivity contribution in [3.05, 3.63) is 54.1 Å². The molecule has 0 atom stereocenters. The summed E-state index contributed by atoms with van der Waals surface area (Å²) >= 11 is 1.17. The number of carbonyl (C=O) groups is 1. The van der Waals surface area contributed by atoms with Crippen molar-refractivity contribution in [2.24, 2.45) is 0 Å². The van der Waals surface area contributed by atoms with Crippen LogP contribution in [0, 0.1) is 11.6 Å². The predicted octanol–water partition coefficient (Wildman–Crippen LogP) is 3.28. The lowest BCUT2D eigenvalue weighted by Gasteiger charge is -2.06. The van der Waals surface area contributed by atoms with E-state index in [0.29, 0.717) is 16.3 Å². The Hall–Kier alpha value is -2.08. The van der Waals surface area contributed by atoms with Gasteiger partial charge in [0, 0.05) is 16.3 Å². The lowest BCUT2D eigenvalue weighted by atomic mass is 10.3. The number of nitrogen functional groups attached to an aromatic ring is 1. The lowest BCUT2D eigenvalue weighted by Crippen LogP contribution is -2.13. The molecular formula is C14H12F2N2OS. The SMILES string of the molecule is Nc1cc(F)cc(SCC(=O)Nc2ccc(F)cc2)c1. The van der Waals surface area contributed by atoms with Crippen LogP contribution < -0.4 is 11.1 Å². The number of rotatable bonds is 4. The van der Waals surface area contributed by atoms with E-state index in [4.69, 9.17) is 5.73 Å². The largest absolute Gasteiger partial charge is 0.399 e. The van der Waals surface area contributed by atoms with Gasteiger partial charge in [0.2, 0.25) is 5.91 Å². The summed E-state index contributed by atoms with van der Waals surface area (Å²) in [6.07, 6.45) is 0. The third kappa shape index (κ3) is 4.24. The molecule has 0 bridgehead atoms. The first-order chi connectivity index (χ1) is 9.52. The Labute approximate surface area is 119 Å². The molecule has 0 heterocycles. The minimum atomic E-state index is -0.438. The highest BCUT2D eigenvalue weighted by atomic mass is 32.2. The highest BCUT2D eigenvalue weighted by Gasteiger charge is 2.05. The molecular weight excluding hydrogens is 282 g/mol. The second-order valence-electron chi connectivity index (χ2n) is 4.06. The number of hydrogen-bond acceptors (Lipinski definition) is 3. The summed E-state index contributed by atoms with van der Waals surface area (Å²) in [4.78, 5) is 12.3. The van der Waals surface area contributed by atoms with Crippen molar-refractivity contribution in [1.29, 1.82) is 0 Å². The minimum absolute atomic E-state index is 0.111. The first kappa shape index (κ1) is 14.3. The van der Waals surface area contributed by atoms with Gasteiger partial charge in [-0.05, 0) is 42.5 Å². The van der Waals surface area contributed by atoms with Crippen LogP contribution in [-0.2, 0) is 4.79 Å². The standard InChI is InChI=1S/C14H12F2N2OS/c15-9-1-3-12(4-2-9)18-14(19)8-20-13-6-10(16)5-11(17)7-13/h1-7H,8,17H2,(H,18,19). The normalized spacial score (nSPS) is 10.3. The Kier molecular flexibility index (Phi) is 4.57. The van der Waals surface area contributed by atoms with Crippen molar-refractivity contribution in [1.82, 2.24) is 0 Å². The fraction of sp³-hybridized carbons (Fsp3) is 0.0714. The minimum Gasteiger partial charge on any atom is -0.399 e. The number of benzene rings is 2. The summed E-state index contributed by atoms with van der Waals surface area (Å²) in [6, 6.07) is 9.58. The van der Waals surface area contributed by atoms with E-state index in [0.717, 1.165) is 0 Å². The number of carbonyl (C=O) groups excluding carboxylic acids is 1. The van der Waals surface area contributed by atoms with E-state index >= 15 is 0 Å². The molecule has 3 nitrogen and oxygen atoms in total. The number of anilines is 2. The first-order valence-electron chi connectivity index (χ1n) is 5.77. The van der Waals surface area contributed by atoms with Gasteiger partial charge in [0.25, 0.3) is 0 Å². The average molecular weight is 294 g/mol. The highest BCUT2D eigenvalue weighted by molar-refractivity contribution is 8.00. The van der Waals surface area contributed by atoms with Crippen molar-refractivity contribution in [2.75, 3.05) is 16.8 Å². The summed E-state index contributed by atoms with van der Waals surface area (Å²) in [7, 11) is 0. The van der Waals surface area contributed by atoms with Crippen LogP contribution in [-0.4, -0.2) is 11.7 Å². The van der Waals surface area contributed by atoms with Gasteiger partial charge in [-0.25, -0.2) is 8.78 Å². The number of amides is 1. The molecule has 0 spiro atoms. The fourth-order valence-corrected chi connectivity index (χ4v) is 2.33. The van der Waals surface area contributed by atoms with Crippen molar-refractivity contribution < 1.29 is 13.6 Å². The van der Waals surface area contributed by atoms with Crippen LogP contribution >= 0.6 is 11.8 Å². The first-order valence-corrected chi connectivity index (χ1v) is 6.76.